The second-order valence-corrected chi connectivity index (χ2v) is 7.59. The summed E-state index contributed by atoms with van der Waals surface area (Å²) in [6.07, 6.45) is 6.26. The third-order valence-electron chi connectivity index (χ3n) is 3.55. The second-order valence-electron chi connectivity index (χ2n) is 4.96. The van der Waals surface area contributed by atoms with Crippen LogP contribution >= 0.6 is 11.6 Å². The lowest BCUT2D eigenvalue weighted by Crippen LogP contribution is -2.44. The molecule has 0 spiro atoms. The molecular weight excluding hydrogens is 274 g/mol. The van der Waals surface area contributed by atoms with Gasteiger partial charge in [-0.05, 0) is 30.9 Å². The minimum atomic E-state index is -3.25. The molecule has 6 heteroatoms. The number of aliphatic hydroxyl groups is 1. The Kier molecular flexibility index (Phi) is 3.67. The molecule has 0 saturated heterocycles. The summed E-state index contributed by atoms with van der Waals surface area (Å²) in [5.74, 6) is 0. The molecular formula is C12H16ClNO3S. The van der Waals surface area contributed by atoms with Crippen LogP contribution in [0.2, 0.25) is 5.02 Å². The molecule has 2 rings (SSSR count). The van der Waals surface area contributed by atoms with Gasteiger partial charge < -0.3 is 5.11 Å². The lowest BCUT2D eigenvalue weighted by Gasteiger charge is -2.29. The molecule has 18 heavy (non-hydrogen) atoms. The lowest BCUT2D eigenvalue weighted by atomic mass is 9.93. The smallest absolute Gasteiger partial charge is 0.153 e. The summed E-state index contributed by atoms with van der Waals surface area (Å²) in [6.45, 7) is 0. The first-order valence-electron chi connectivity index (χ1n) is 5.82. The Labute approximate surface area is 112 Å². The second kappa shape index (κ2) is 4.79. The van der Waals surface area contributed by atoms with Crippen LogP contribution in [0.25, 0.3) is 0 Å². The molecule has 1 fully saturated rings. The van der Waals surface area contributed by atoms with Crippen molar-refractivity contribution < 1.29 is 13.5 Å². The van der Waals surface area contributed by atoms with E-state index in [1.54, 1.807) is 12.3 Å². The van der Waals surface area contributed by atoms with Gasteiger partial charge in [-0.2, -0.15) is 0 Å². The highest BCUT2D eigenvalue weighted by Crippen LogP contribution is 2.38. The van der Waals surface area contributed by atoms with E-state index in [9.17, 15) is 13.5 Å². The van der Waals surface area contributed by atoms with E-state index < -0.39 is 20.7 Å². The molecule has 1 N–H and O–H groups in total. The normalized spacial score (nSPS) is 28.5. The van der Waals surface area contributed by atoms with Gasteiger partial charge in [0.1, 0.15) is 0 Å². The molecule has 1 heterocycles. The topological polar surface area (TPSA) is 67.3 Å². The fourth-order valence-corrected chi connectivity index (χ4v) is 4.49. The van der Waals surface area contributed by atoms with Crippen LogP contribution in [-0.4, -0.2) is 35.6 Å². The number of pyridine rings is 1. The highest BCUT2D eigenvalue weighted by molar-refractivity contribution is 7.91. The van der Waals surface area contributed by atoms with Gasteiger partial charge in [0.15, 0.2) is 9.84 Å². The van der Waals surface area contributed by atoms with E-state index in [0.29, 0.717) is 17.9 Å². The van der Waals surface area contributed by atoms with E-state index in [1.165, 1.54) is 12.5 Å². The zero-order valence-electron chi connectivity index (χ0n) is 10.1. The van der Waals surface area contributed by atoms with Crippen molar-refractivity contribution in [3.8, 4) is 0 Å². The Morgan fingerprint density at radius 2 is 2.33 bits per heavy atom. The molecule has 0 radical (unpaired) electrons. The maximum absolute atomic E-state index is 11.7. The maximum Gasteiger partial charge on any atom is 0.153 e. The van der Waals surface area contributed by atoms with Gasteiger partial charge in [-0.15, -0.1) is 0 Å². The van der Waals surface area contributed by atoms with Gasteiger partial charge in [-0.1, -0.05) is 11.6 Å². The zero-order chi connectivity index (χ0) is 13.4. The van der Waals surface area contributed by atoms with Gasteiger partial charge in [-0.25, -0.2) is 8.42 Å². The van der Waals surface area contributed by atoms with Crippen molar-refractivity contribution in [2.24, 2.45) is 0 Å². The number of nitrogens with zero attached hydrogens (tertiary/aromatic N) is 1. The molecule has 2 atom stereocenters. The van der Waals surface area contributed by atoms with Gasteiger partial charge in [0, 0.05) is 25.1 Å². The summed E-state index contributed by atoms with van der Waals surface area (Å²) >= 11 is 6.00. The molecule has 100 valence electrons. The number of rotatable bonds is 3. The fraction of sp³-hybridized carbons (Fsp3) is 0.583. The minimum absolute atomic E-state index is 0.256. The quantitative estimate of drug-likeness (QED) is 0.918. The minimum Gasteiger partial charge on any atom is -0.388 e. The summed E-state index contributed by atoms with van der Waals surface area (Å²) in [7, 11) is -3.25. The lowest BCUT2D eigenvalue weighted by molar-refractivity contribution is 0.0513. The summed E-state index contributed by atoms with van der Waals surface area (Å²) in [5, 5.41) is 10.4. The summed E-state index contributed by atoms with van der Waals surface area (Å²) < 4.78 is 23.4. The Hall–Kier alpha value is -0.650. The molecule has 4 nitrogen and oxygen atoms in total. The highest BCUT2D eigenvalue weighted by atomic mass is 35.5. The Bertz CT molecular complexity index is 546. The molecule has 2 unspecified atom stereocenters. The van der Waals surface area contributed by atoms with E-state index >= 15 is 0 Å². The van der Waals surface area contributed by atoms with Crippen LogP contribution in [0, 0.1) is 0 Å². The van der Waals surface area contributed by atoms with Crippen LogP contribution in [0.3, 0.4) is 0 Å². The van der Waals surface area contributed by atoms with E-state index in [-0.39, 0.29) is 6.42 Å². The molecule has 0 aliphatic heterocycles. The van der Waals surface area contributed by atoms with Gasteiger partial charge in [0.25, 0.3) is 0 Å². The monoisotopic (exact) mass is 289 g/mol. The van der Waals surface area contributed by atoms with Crippen molar-refractivity contribution >= 4 is 21.4 Å². The van der Waals surface area contributed by atoms with E-state index in [0.717, 1.165) is 12.0 Å². The molecule has 1 aliphatic rings. The van der Waals surface area contributed by atoms with Crippen molar-refractivity contribution in [3.05, 3.63) is 29.0 Å². The van der Waals surface area contributed by atoms with Gasteiger partial charge in [0.2, 0.25) is 0 Å². The van der Waals surface area contributed by atoms with E-state index in [4.69, 9.17) is 11.6 Å². The van der Waals surface area contributed by atoms with Crippen molar-refractivity contribution in [2.45, 2.75) is 36.5 Å². The molecule has 1 aliphatic carbocycles. The number of hydrogen-bond acceptors (Lipinski definition) is 4. The van der Waals surface area contributed by atoms with Crippen molar-refractivity contribution in [3.63, 3.8) is 0 Å². The fourth-order valence-electron chi connectivity index (χ4n) is 2.72. The number of sulfone groups is 1. The Balaban J connectivity index is 2.30. The van der Waals surface area contributed by atoms with Crippen LogP contribution in [0.4, 0.5) is 0 Å². The number of hydrogen-bond donors (Lipinski definition) is 1. The van der Waals surface area contributed by atoms with Crippen LogP contribution < -0.4 is 0 Å². The van der Waals surface area contributed by atoms with Crippen LogP contribution in [-0.2, 0) is 16.3 Å². The summed E-state index contributed by atoms with van der Waals surface area (Å²) in [5.41, 5.74) is -0.469. The Morgan fingerprint density at radius 1 is 1.61 bits per heavy atom. The first-order chi connectivity index (χ1) is 8.33. The van der Waals surface area contributed by atoms with E-state index in [2.05, 4.69) is 4.98 Å². The van der Waals surface area contributed by atoms with Crippen LogP contribution in [0.15, 0.2) is 18.5 Å². The number of aromatic nitrogens is 1. The van der Waals surface area contributed by atoms with Gasteiger partial charge >= 0.3 is 0 Å². The highest BCUT2D eigenvalue weighted by Gasteiger charge is 2.46. The van der Waals surface area contributed by atoms with Gasteiger partial charge in [0.05, 0.1) is 15.9 Å². The summed E-state index contributed by atoms with van der Waals surface area (Å²) in [6, 6.07) is 1.72. The first-order valence-corrected chi connectivity index (χ1v) is 8.16. The van der Waals surface area contributed by atoms with E-state index in [1.807, 2.05) is 0 Å². The average molecular weight is 290 g/mol. The third-order valence-corrected chi connectivity index (χ3v) is 5.59. The molecule has 0 amide bonds. The standard InChI is InChI=1S/C12H16ClNO3S/c1-18(16,17)11-3-2-5-12(11,15)7-9-4-6-14-8-10(9)13/h4,6,8,11,15H,2-3,5,7H2,1H3. The third kappa shape index (κ3) is 2.68. The number of halogens is 1. The van der Waals surface area contributed by atoms with Crippen LogP contribution in [0.1, 0.15) is 24.8 Å². The van der Waals surface area contributed by atoms with Crippen molar-refractivity contribution in [2.75, 3.05) is 6.26 Å². The Morgan fingerprint density at radius 3 is 2.94 bits per heavy atom. The molecule has 0 aromatic carbocycles. The molecule has 1 aromatic rings. The zero-order valence-corrected chi connectivity index (χ0v) is 11.7. The molecule has 0 bridgehead atoms. The predicted molar refractivity (Wildman–Crippen MR) is 70.4 cm³/mol. The van der Waals surface area contributed by atoms with Crippen LogP contribution in [0.5, 0.6) is 0 Å². The average Bonchev–Trinajstić information content (AvgIpc) is 2.63. The largest absolute Gasteiger partial charge is 0.388 e. The van der Waals surface area contributed by atoms with Gasteiger partial charge in [-0.3, -0.25) is 4.98 Å². The first kappa shape index (κ1) is 13.8. The maximum atomic E-state index is 11.7. The SMILES string of the molecule is CS(=O)(=O)C1CCCC1(O)Cc1ccncc1Cl. The summed E-state index contributed by atoms with van der Waals surface area (Å²) in [4.78, 5) is 3.88. The molecule has 1 saturated carbocycles. The van der Waals surface area contributed by atoms with Crippen molar-refractivity contribution in [1.82, 2.24) is 4.98 Å². The molecule has 1 aromatic heterocycles. The predicted octanol–water partition coefficient (Wildman–Crippen LogP) is 1.61. The van der Waals surface area contributed by atoms with Crippen molar-refractivity contribution in [1.29, 1.82) is 0 Å².